The fourth-order valence-corrected chi connectivity index (χ4v) is 4.28. The van der Waals surface area contributed by atoms with Crippen molar-refractivity contribution in [3.05, 3.63) is 70.4 Å². The Hall–Kier alpha value is -3.95. The van der Waals surface area contributed by atoms with E-state index in [0.29, 0.717) is 34.4 Å². The topological polar surface area (TPSA) is 81.4 Å². The third-order valence-electron chi connectivity index (χ3n) is 6.03. The number of benzene rings is 1. The molecule has 3 aromatic heterocycles. The Morgan fingerprint density at radius 3 is 2.53 bits per heavy atom. The van der Waals surface area contributed by atoms with Crippen LogP contribution in [0.1, 0.15) is 36.4 Å². The molecular weight excluding hydrogens is 447 g/mol. The smallest absolute Gasteiger partial charge is 0.235 e. The lowest BCUT2D eigenvalue weighted by atomic mass is 9.86. The molecule has 10 heteroatoms. The van der Waals surface area contributed by atoms with Gasteiger partial charge in [0.1, 0.15) is 23.9 Å². The summed E-state index contributed by atoms with van der Waals surface area (Å²) in [6.07, 6.45) is 1.73. The number of anilines is 1. The number of nitrogens with zero attached hydrogens (tertiary/aromatic N) is 4. The van der Waals surface area contributed by atoms with Crippen LogP contribution in [0.2, 0.25) is 0 Å². The first-order chi connectivity index (χ1) is 16.1. The van der Waals surface area contributed by atoms with Gasteiger partial charge in [0.05, 0.1) is 16.7 Å². The maximum absolute atomic E-state index is 14.0. The van der Waals surface area contributed by atoms with Crippen LogP contribution in [-0.4, -0.2) is 25.3 Å². The Kier molecular flexibility index (Phi) is 4.85. The number of amides is 1. The predicted octanol–water partition coefficient (Wildman–Crippen LogP) is 4.63. The number of aryl methyl sites for hydroxylation is 2. The monoisotopic (exact) mass is 467 g/mol. The lowest BCUT2D eigenvalue weighted by Crippen LogP contribution is -2.27. The van der Waals surface area contributed by atoms with E-state index in [9.17, 15) is 18.0 Å². The van der Waals surface area contributed by atoms with Crippen LogP contribution >= 0.6 is 0 Å². The minimum Gasteiger partial charge on any atom is -0.485 e. The Balaban J connectivity index is 1.57. The van der Waals surface area contributed by atoms with Crippen molar-refractivity contribution in [1.82, 2.24) is 19.4 Å². The van der Waals surface area contributed by atoms with Gasteiger partial charge >= 0.3 is 0 Å². The van der Waals surface area contributed by atoms with Crippen molar-refractivity contribution in [1.29, 1.82) is 0 Å². The summed E-state index contributed by atoms with van der Waals surface area (Å²) in [5.41, 5.74) is 1.70. The van der Waals surface area contributed by atoms with Gasteiger partial charge in [0.15, 0.2) is 28.9 Å². The number of carbonyl (C=O) groups excluding carboxylic acids is 1. The molecule has 0 spiro atoms. The van der Waals surface area contributed by atoms with Gasteiger partial charge in [-0.05, 0) is 52.0 Å². The minimum atomic E-state index is -1.29. The van der Waals surface area contributed by atoms with Crippen molar-refractivity contribution in [2.45, 2.75) is 39.7 Å². The maximum atomic E-state index is 14.0. The van der Waals surface area contributed by atoms with E-state index in [4.69, 9.17) is 4.74 Å². The molecular formula is C24H20F3N5O2. The largest absolute Gasteiger partial charge is 0.485 e. The van der Waals surface area contributed by atoms with Crippen LogP contribution in [0.3, 0.4) is 0 Å². The van der Waals surface area contributed by atoms with Gasteiger partial charge in [-0.25, -0.2) is 28.1 Å². The third-order valence-corrected chi connectivity index (χ3v) is 6.03. The SMILES string of the molecule is Cc1nc(-c2c(C)nc3c(OCc4c(F)ccc(F)c4F)cccn23)nc2c1C(C)(C)C(=O)N2. The van der Waals surface area contributed by atoms with Crippen molar-refractivity contribution in [3.8, 4) is 17.3 Å². The molecule has 7 nitrogen and oxygen atoms in total. The van der Waals surface area contributed by atoms with E-state index in [2.05, 4.69) is 20.3 Å². The van der Waals surface area contributed by atoms with Gasteiger partial charge in [-0.3, -0.25) is 9.20 Å². The highest BCUT2D eigenvalue weighted by atomic mass is 19.2. The molecule has 34 heavy (non-hydrogen) atoms. The molecule has 5 rings (SSSR count). The zero-order valence-corrected chi connectivity index (χ0v) is 18.8. The first kappa shape index (κ1) is 21.9. The summed E-state index contributed by atoms with van der Waals surface area (Å²) >= 11 is 0. The van der Waals surface area contributed by atoms with E-state index in [1.165, 1.54) is 0 Å². The van der Waals surface area contributed by atoms with Crippen molar-refractivity contribution in [2.24, 2.45) is 0 Å². The molecule has 1 aliphatic heterocycles. The zero-order chi connectivity index (χ0) is 24.4. The number of rotatable bonds is 4. The van der Waals surface area contributed by atoms with Gasteiger partial charge in [-0.15, -0.1) is 0 Å². The summed E-state index contributed by atoms with van der Waals surface area (Å²) in [5.74, 6) is -2.45. The number of aromatic nitrogens is 4. The van der Waals surface area contributed by atoms with E-state index in [-0.39, 0.29) is 11.7 Å². The molecule has 0 atom stereocenters. The quantitative estimate of drug-likeness (QED) is 0.443. The number of pyridine rings is 1. The lowest BCUT2D eigenvalue weighted by molar-refractivity contribution is -0.119. The molecule has 0 saturated heterocycles. The minimum absolute atomic E-state index is 0.153. The summed E-state index contributed by atoms with van der Waals surface area (Å²) in [6.45, 7) is 6.70. The molecule has 1 N–H and O–H groups in total. The van der Waals surface area contributed by atoms with Gasteiger partial charge in [0, 0.05) is 17.5 Å². The van der Waals surface area contributed by atoms with Crippen LogP contribution in [0.15, 0.2) is 30.5 Å². The molecule has 0 fully saturated rings. The van der Waals surface area contributed by atoms with Crippen LogP contribution in [0.25, 0.3) is 17.2 Å². The summed E-state index contributed by atoms with van der Waals surface area (Å²) in [7, 11) is 0. The van der Waals surface area contributed by atoms with Gasteiger partial charge in [-0.1, -0.05) is 0 Å². The summed E-state index contributed by atoms with van der Waals surface area (Å²) in [4.78, 5) is 26.2. The van der Waals surface area contributed by atoms with Crippen molar-refractivity contribution in [3.63, 3.8) is 0 Å². The molecule has 4 aromatic rings. The van der Waals surface area contributed by atoms with Crippen LogP contribution in [0.4, 0.5) is 19.0 Å². The molecule has 0 unspecified atom stereocenters. The van der Waals surface area contributed by atoms with Crippen LogP contribution in [0.5, 0.6) is 5.75 Å². The average molecular weight is 467 g/mol. The number of fused-ring (bicyclic) bond motifs is 2. The van der Waals surface area contributed by atoms with Crippen molar-refractivity contribution >= 4 is 17.4 Å². The van der Waals surface area contributed by atoms with E-state index >= 15 is 0 Å². The number of hydrogen-bond donors (Lipinski definition) is 1. The number of hydrogen-bond acceptors (Lipinski definition) is 5. The molecule has 0 bridgehead atoms. The highest BCUT2D eigenvalue weighted by molar-refractivity contribution is 6.05. The van der Waals surface area contributed by atoms with Crippen LogP contribution in [0, 0.1) is 31.3 Å². The second-order valence-electron chi connectivity index (χ2n) is 8.66. The van der Waals surface area contributed by atoms with Gasteiger partial charge in [0.25, 0.3) is 0 Å². The third kappa shape index (κ3) is 3.20. The number of carbonyl (C=O) groups is 1. The second kappa shape index (κ2) is 7.54. The zero-order valence-electron chi connectivity index (χ0n) is 18.8. The summed E-state index contributed by atoms with van der Waals surface area (Å²) < 4.78 is 48.9. The summed E-state index contributed by atoms with van der Waals surface area (Å²) in [5, 5.41) is 2.82. The van der Waals surface area contributed by atoms with Crippen molar-refractivity contribution < 1.29 is 22.7 Å². The van der Waals surface area contributed by atoms with Crippen LogP contribution in [-0.2, 0) is 16.8 Å². The van der Waals surface area contributed by atoms with Crippen molar-refractivity contribution in [2.75, 3.05) is 5.32 Å². The lowest BCUT2D eigenvalue weighted by Gasteiger charge is -2.16. The number of halogens is 3. The first-order valence-electron chi connectivity index (χ1n) is 10.5. The standard InChI is InChI=1S/C24H20F3N5O2/c1-11-17-20(31-23(33)24(17,3)4)30-21(28-11)19-12(2)29-22-16(6-5-9-32(19)22)34-10-13-14(25)7-8-15(26)18(13)27/h5-9H,10H2,1-4H3,(H,28,30,31,33). The highest BCUT2D eigenvalue weighted by Gasteiger charge is 2.41. The van der Waals surface area contributed by atoms with E-state index in [0.717, 1.165) is 17.7 Å². The van der Waals surface area contributed by atoms with E-state index in [1.807, 2.05) is 20.8 Å². The second-order valence-corrected chi connectivity index (χ2v) is 8.66. The maximum Gasteiger partial charge on any atom is 0.235 e. The number of ether oxygens (including phenoxy) is 1. The predicted molar refractivity (Wildman–Crippen MR) is 118 cm³/mol. The molecule has 1 amide bonds. The summed E-state index contributed by atoms with van der Waals surface area (Å²) in [6, 6.07) is 4.85. The first-order valence-corrected chi connectivity index (χ1v) is 10.5. The average Bonchev–Trinajstić information content (AvgIpc) is 3.23. The molecule has 0 aliphatic carbocycles. The molecule has 1 aromatic carbocycles. The molecule has 0 saturated carbocycles. The fourth-order valence-electron chi connectivity index (χ4n) is 4.28. The van der Waals surface area contributed by atoms with Gasteiger partial charge < -0.3 is 10.1 Å². The molecule has 174 valence electrons. The van der Waals surface area contributed by atoms with E-state index < -0.39 is 35.0 Å². The van der Waals surface area contributed by atoms with E-state index in [1.54, 1.807) is 29.7 Å². The van der Waals surface area contributed by atoms with Crippen LogP contribution < -0.4 is 10.1 Å². The molecule has 1 aliphatic rings. The molecule has 4 heterocycles. The normalized spacial score (nSPS) is 14.4. The molecule has 0 radical (unpaired) electrons. The van der Waals surface area contributed by atoms with Gasteiger partial charge in [0.2, 0.25) is 5.91 Å². The Morgan fingerprint density at radius 2 is 1.76 bits per heavy atom. The number of imidazole rings is 1. The number of nitrogens with one attached hydrogen (secondary N) is 1. The highest BCUT2D eigenvalue weighted by Crippen LogP contribution is 2.39. The van der Waals surface area contributed by atoms with Gasteiger partial charge in [-0.2, -0.15) is 0 Å². The Labute approximate surface area is 192 Å². The fraction of sp³-hybridized carbons (Fsp3) is 0.250. The Morgan fingerprint density at radius 1 is 1.03 bits per heavy atom. The Bertz CT molecular complexity index is 1500.